The first kappa shape index (κ1) is 10.5. The molecule has 0 N–H and O–H groups in total. The number of benzene rings is 1. The fourth-order valence-electron chi connectivity index (χ4n) is 1.66. The van der Waals surface area contributed by atoms with Crippen LogP contribution < -0.4 is 0 Å². The van der Waals surface area contributed by atoms with Gasteiger partial charge in [0.1, 0.15) is 0 Å². The Hall–Kier alpha value is -1.97. The second-order valence-corrected chi connectivity index (χ2v) is 3.66. The summed E-state index contributed by atoms with van der Waals surface area (Å²) in [6.07, 6.45) is 0.446. The van der Waals surface area contributed by atoms with E-state index in [1.54, 1.807) is 24.3 Å². The first-order chi connectivity index (χ1) is 7.68. The summed E-state index contributed by atoms with van der Waals surface area (Å²) >= 11 is 0. The Morgan fingerprint density at radius 2 is 1.62 bits per heavy atom. The largest absolute Gasteiger partial charge is 0.292 e. The number of hydrogen-bond donors (Lipinski definition) is 0. The quantitative estimate of drug-likeness (QED) is 0.561. The molecule has 1 aliphatic rings. The fourth-order valence-corrected chi connectivity index (χ4v) is 1.66. The van der Waals surface area contributed by atoms with Crippen molar-refractivity contribution in [1.82, 2.24) is 4.90 Å². The molecule has 0 aromatic heterocycles. The number of hydrogen-bond acceptors (Lipinski definition) is 3. The van der Waals surface area contributed by atoms with Gasteiger partial charge in [0.15, 0.2) is 5.78 Å². The number of likely N-dealkylation sites (tertiary alicyclic amines) is 1. The van der Waals surface area contributed by atoms with Gasteiger partial charge >= 0.3 is 0 Å². The lowest BCUT2D eigenvalue weighted by molar-refractivity contribution is -0.137. The van der Waals surface area contributed by atoms with Crippen LogP contribution in [0.3, 0.4) is 0 Å². The minimum Gasteiger partial charge on any atom is -0.292 e. The number of amides is 2. The summed E-state index contributed by atoms with van der Waals surface area (Å²) in [7, 11) is 0. The van der Waals surface area contributed by atoms with Gasteiger partial charge in [-0.3, -0.25) is 19.3 Å². The Labute approximate surface area is 92.9 Å². The summed E-state index contributed by atoms with van der Waals surface area (Å²) < 4.78 is 0. The van der Waals surface area contributed by atoms with Crippen molar-refractivity contribution >= 4 is 17.6 Å². The van der Waals surface area contributed by atoms with Crippen LogP contribution in [0.25, 0.3) is 0 Å². The SMILES string of the molecule is O=C(CN1C(=O)CCC1=O)c1ccccc1. The maximum Gasteiger partial charge on any atom is 0.230 e. The van der Waals surface area contributed by atoms with Crippen LogP contribution in [0.1, 0.15) is 23.2 Å². The monoisotopic (exact) mass is 217 g/mol. The highest BCUT2D eigenvalue weighted by atomic mass is 16.2. The van der Waals surface area contributed by atoms with Crippen molar-refractivity contribution in [2.75, 3.05) is 6.54 Å². The number of Topliss-reactive ketones (excluding diaryl/α,β-unsaturated/α-hetero) is 1. The lowest BCUT2D eigenvalue weighted by Gasteiger charge is -2.12. The molecule has 1 aliphatic heterocycles. The van der Waals surface area contributed by atoms with Gasteiger partial charge in [0.2, 0.25) is 11.8 Å². The predicted molar refractivity (Wildman–Crippen MR) is 56.7 cm³/mol. The minimum absolute atomic E-state index is 0.137. The van der Waals surface area contributed by atoms with Gasteiger partial charge in [0.25, 0.3) is 0 Å². The summed E-state index contributed by atoms with van der Waals surface area (Å²) in [4.78, 5) is 35.4. The number of carbonyl (C=O) groups excluding carboxylic acids is 3. The normalized spacial score (nSPS) is 15.6. The minimum atomic E-state index is -0.255. The van der Waals surface area contributed by atoms with E-state index in [1.165, 1.54) is 0 Å². The van der Waals surface area contributed by atoms with Crippen LogP contribution in [0.4, 0.5) is 0 Å². The molecule has 0 unspecified atom stereocenters. The van der Waals surface area contributed by atoms with Crippen molar-refractivity contribution < 1.29 is 14.4 Å². The van der Waals surface area contributed by atoms with Crippen LogP contribution in [-0.2, 0) is 9.59 Å². The van der Waals surface area contributed by atoms with Crippen molar-refractivity contribution in [2.24, 2.45) is 0 Å². The Bertz CT molecular complexity index is 423. The third-order valence-electron chi connectivity index (χ3n) is 2.55. The molecular formula is C12H11NO3. The average Bonchev–Trinajstić information content (AvgIpc) is 2.62. The van der Waals surface area contributed by atoms with Crippen LogP contribution in [0.2, 0.25) is 0 Å². The second kappa shape index (κ2) is 4.26. The Kier molecular flexibility index (Phi) is 2.81. The van der Waals surface area contributed by atoms with E-state index in [0.717, 1.165) is 4.90 Å². The van der Waals surface area contributed by atoms with E-state index >= 15 is 0 Å². The maximum atomic E-state index is 11.7. The van der Waals surface area contributed by atoms with Crippen LogP contribution in [0.5, 0.6) is 0 Å². The van der Waals surface area contributed by atoms with E-state index in [1.807, 2.05) is 6.07 Å². The van der Waals surface area contributed by atoms with E-state index in [2.05, 4.69) is 0 Å². The Morgan fingerprint density at radius 3 is 2.19 bits per heavy atom. The van der Waals surface area contributed by atoms with E-state index in [9.17, 15) is 14.4 Å². The zero-order valence-corrected chi connectivity index (χ0v) is 8.68. The first-order valence-corrected chi connectivity index (χ1v) is 5.10. The standard InChI is InChI=1S/C12H11NO3/c14-10(9-4-2-1-3-5-9)8-13-11(15)6-7-12(13)16/h1-5H,6-8H2. The number of rotatable bonds is 3. The molecule has 4 heteroatoms. The van der Waals surface area contributed by atoms with Gasteiger partial charge in [-0.2, -0.15) is 0 Å². The summed E-state index contributed by atoms with van der Waals surface area (Å²) in [5.74, 6) is -0.715. The van der Waals surface area contributed by atoms with Crippen LogP contribution in [0, 0.1) is 0 Å². The number of ketones is 1. The highest BCUT2D eigenvalue weighted by molar-refractivity contribution is 6.07. The zero-order valence-electron chi connectivity index (χ0n) is 8.68. The number of nitrogens with zero attached hydrogens (tertiary/aromatic N) is 1. The van der Waals surface area contributed by atoms with Crippen LogP contribution in [-0.4, -0.2) is 29.0 Å². The topological polar surface area (TPSA) is 54.5 Å². The molecule has 0 bridgehead atoms. The number of imide groups is 1. The fraction of sp³-hybridized carbons (Fsp3) is 0.250. The van der Waals surface area contributed by atoms with Gasteiger partial charge in [-0.05, 0) is 0 Å². The summed E-state index contributed by atoms with van der Waals surface area (Å²) in [5.41, 5.74) is 0.523. The Balaban J connectivity index is 2.08. The third-order valence-corrected chi connectivity index (χ3v) is 2.55. The molecule has 1 heterocycles. The first-order valence-electron chi connectivity index (χ1n) is 5.10. The lowest BCUT2D eigenvalue weighted by Crippen LogP contribution is -2.34. The van der Waals surface area contributed by atoms with Crippen molar-refractivity contribution in [3.05, 3.63) is 35.9 Å². The van der Waals surface area contributed by atoms with Gasteiger partial charge in [0.05, 0.1) is 6.54 Å². The molecule has 0 aliphatic carbocycles. The van der Waals surface area contributed by atoms with Crippen LogP contribution >= 0.6 is 0 Å². The van der Waals surface area contributed by atoms with Crippen LogP contribution in [0.15, 0.2) is 30.3 Å². The van der Waals surface area contributed by atoms with E-state index in [0.29, 0.717) is 5.56 Å². The highest BCUT2D eigenvalue weighted by Gasteiger charge is 2.30. The maximum absolute atomic E-state index is 11.7. The Morgan fingerprint density at radius 1 is 1.06 bits per heavy atom. The molecule has 2 amide bonds. The average molecular weight is 217 g/mol. The van der Waals surface area contributed by atoms with Gasteiger partial charge in [-0.25, -0.2) is 0 Å². The highest BCUT2D eigenvalue weighted by Crippen LogP contribution is 2.12. The number of carbonyl (C=O) groups is 3. The summed E-state index contributed by atoms with van der Waals surface area (Å²) in [5, 5.41) is 0. The molecule has 0 spiro atoms. The smallest absolute Gasteiger partial charge is 0.230 e. The van der Waals surface area contributed by atoms with E-state index in [-0.39, 0.29) is 37.0 Å². The molecule has 1 saturated heterocycles. The summed E-state index contributed by atoms with van der Waals surface area (Å²) in [6, 6.07) is 8.66. The molecule has 1 aromatic rings. The molecule has 4 nitrogen and oxygen atoms in total. The molecule has 2 rings (SSSR count). The van der Waals surface area contributed by atoms with Crippen molar-refractivity contribution in [2.45, 2.75) is 12.8 Å². The molecule has 82 valence electrons. The molecule has 16 heavy (non-hydrogen) atoms. The second-order valence-electron chi connectivity index (χ2n) is 3.66. The molecular weight excluding hydrogens is 206 g/mol. The predicted octanol–water partition coefficient (Wildman–Crippen LogP) is 1.02. The van der Waals surface area contributed by atoms with Crippen molar-refractivity contribution in [1.29, 1.82) is 0 Å². The zero-order chi connectivity index (χ0) is 11.5. The molecule has 0 radical (unpaired) electrons. The third kappa shape index (κ3) is 2.00. The van der Waals surface area contributed by atoms with Gasteiger partial charge in [-0.15, -0.1) is 0 Å². The van der Waals surface area contributed by atoms with E-state index in [4.69, 9.17) is 0 Å². The molecule has 0 atom stereocenters. The molecule has 1 fully saturated rings. The van der Waals surface area contributed by atoms with E-state index < -0.39 is 0 Å². The molecule has 1 aromatic carbocycles. The summed E-state index contributed by atoms with van der Waals surface area (Å²) in [6.45, 7) is -0.137. The van der Waals surface area contributed by atoms with Crippen molar-refractivity contribution in [3.8, 4) is 0 Å². The van der Waals surface area contributed by atoms with Crippen molar-refractivity contribution in [3.63, 3.8) is 0 Å². The lowest BCUT2D eigenvalue weighted by atomic mass is 10.1. The van der Waals surface area contributed by atoms with Gasteiger partial charge in [-0.1, -0.05) is 30.3 Å². The van der Waals surface area contributed by atoms with Gasteiger partial charge < -0.3 is 0 Å². The molecule has 0 saturated carbocycles. The van der Waals surface area contributed by atoms with Gasteiger partial charge in [0, 0.05) is 18.4 Å².